The van der Waals surface area contributed by atoms with Gasteiger partial charge in [0.15, 0.2) is 0 Å². The number of aliphatic hydroxyl groups excluding tert-OH is 1. The van der Waals surface area contributed by atoms with Gasteiger partial charge in [0.25, 0.3) is 0 Å². The summed E-state index contributed by atoms with van der Waals surface area (Å²) in [5.74, 6) is 0.873. The molecule has 3 N–H and O–H groups in total. The first-order valence-corrected chi connectivity index (χ1v) is 7.56. The quantitative estimate of drug-likeness (QED) is 0.670. The van der Waals surface area contributed by atoms with Gasteiger partial charge in [-0.2, -0.15) is 0 Å². The van der Waals surface area contributed by atoms with Crippen molar-refractivity contribution in [2.24, 2.45) is 17.1 Å². The zero-order chi connectivity index (χ0) is 12.7. The Bertz CT molecular complexity index is 197. The van der Waals surface area contributed by atoms with Crippen LogP contribution in [-0.4, -0.2) is 17.8 Å². The van der Waals surface area contributed by atoms with Gasteiger partial charge in [-0.05, 0) is 38.0 Å². The number of hydrogen-bond acceptors (Lipinski definition) is 2. The molecule has 0 heterocycles. The lowest BCUT2D eigenvalue weighted by Gasteiger charge is -2.43. The molecule has 0 bridgehead atoms. The van der Waals surface area contributed by atoms with Crippen LogP contribution in [0, 0.1) is 11.3 Å². The summed E-state index contributed by atoms with van der Waals surface area (Å²) in [5, 5.41) is 10.4. The number of aliphatic hydroxyl groups is 1. The van der Waals surface area contributed by atoms with Crippen molar-refractivity contribution in [3.8, 4) is 0 Å². The standard InChI is InChI=1S/C15H31NO/c1-3-5-6-7-14(17)15(12-16)10-8-13(4-2)9-11-15/h13-14,17H,3-12,16H2,1-2H3. The fraction of sp³-hybridized carbons (Fsp3) is 1.00. The smallest absolute Gasteiger partial charge is 0.0608 e. The molecule has 102 valence electrons. The maximum Gasteiger partial charge on any atom is 0.0608 e. The van der Waals surface area contributed by atoms with Crippen LogP contribution in [0.2, 0.25) is 0 Å². The minimum Gasteiger partial charge on any atom is -0.393 e. The first-order chi connectivity index (χ1) is 8.18. The SMILES string of the molecule is CCCCCC(O)C1(CN)CCC(CC)CC1. The third-order valence-electron chi connectivity index (χ3n) is 4.87. The molecule has 0 aromatic rings. The average molecular weight is 241 g/mol. The highest BCUT2D eigenvalue weighted by molar-refractivity contribution is 4.91. The van der Waals surface area contributed by atoms with Crippen molar-refractivity contribution in [2.45, 2.75) is 77.7 Å². The Morgan fingerprint density at radius 1 is 1.24 bits per heavy atom. The van der Waals surface area contributed by atoms with Crippen molar-refractivity contribution in [2.75, 3.05) is 6.54 Å². The zero-order valence-electron chi connectivity index (χ0n) is 11.8. The fourth-order valence-corrected chi connectivity index (χ4v) is 3.23. The predicted octanol–water partition coefficient (Wildman–Crippen LogP) is 3.47. The topological polar surface area (TPSA) is 46.2 Å². The molecule has 1 aliphatic carbocycles. The van der Waals surface area contributed by atoms with Crippen LogP contribution >= 0.6 is 0 Å². The highest BCUT2D eigenvalue weighted by Gasteiger charge is 2.39. The van der Waals surface area contributed by atoms with Crippen LogP contribution < -0.4 is 5.73 Å². The van der Waals surface area contributed by atoms with Gasteiger partial charge in [0.05, 0.1) is 6.10 Å². The minimum atomic E-state index is -0.170. The maximum absolute atomic E-state index is 10.4. The van der Waals surface area contributed by atoms with Crippen molar-refractivity contribution < 1.29 is 5.11 Å². The van der Waals surface area contributed by atoms with Crippen LogP contribution in [0.4, 0.5) is 0 Å². The monoisotopic (exact) mass is 241 g/mol. The van der Waals surface area contributed by atoms with E-state index in [0.29, 0.717) is 6.54 Å². The molecular formula is C15H31NO. The number of unbranched alkanes of at least 4 members (excludes halogenated alkanes) is 2. The third kappa shape index (κ3) is 3.96. The van der Waals surface area contributed by atoms with Gasteiger partial charge in [-0.15, -0.1) is 0 Å². The predicted molar refractivity (Wildman–Crippen MR) is 73.9 cm³/mol. The van der Waals surface area contributed by atoms with Gasteiger partial charge in [0, 0.05) is 12.0 Å². The normalized spacial score (nSPS) is 31.4. The second-order valence-electron chi connectivity index (χ2n) is 5.93. The molecule has 1 rings (SSSR count). The Labute approximate surface area is 107 Å². The van der Waals surface area contributed by atoms with Gasteiger partial charge < -0.3 is 10.8 Å². The molecule has 0 aliphatic heterocycles. The van der Waals surface area contributed by atoms with E-state index >= 15 is 0 Å². The molecule has 2 heteroatoms. The summed E-state index contributed by atoms with van der Waals surface area (Å²) in [6.45, 7) is 5.14. The van der Waals surface area contributed by atoms with Crippen molar-refractivity contribution in [3.63, 3.8) is 0 Å². The summed E-state index contributed by atoms with van der Waals surface area (Å²) < 4.78 is 0. The van der Waals surface area contributed by atoms with E-state index in [0.717, 1.165) is 31.6 Å². The van der Waals surface area contributed by atoms with Crippen LogP contribution in [0.1, 0.15) is 71.6 Å². The molecule has 0 amide bonds. The van der Waals surface area contributed by atoms with E-state index < -0.39 is 0 Å². The van der Waals surface area contributed by atoms with Crippen molar-refractivity contribution in [1.82, 2.24) is 0 Å². The Balaban J connectivity index is 2.45. The molecule has 1 fully saturated rings. The molecule has 1 unspecified atom stereocenters. The molecule has 0 spiro atoms. The summed E-state index contributed by atoms with van der Waals surface area (Å²) in [6.07, 6.45) is 10.5. The van der Waals surface area contributed by atoms with E-state index in [1.165, 1.54) is 32.1 Å². The highest BCUT2D eigenvalue weighted by atomic mass is 16.3. The summed E-state index contributed by atoms with van der Waals surface area (Å²) >= 11 is 0. The number of rotatable bonds is 7. The number of nitrogens with two attached hydrogens (primary N) is 1. The highest BCUT2D eigenvalue weighted by Crippen LogP contribution is 2.43. The Kier molecular flexibility index (Phi) is 6.50. The first-order valence-electron chi connectivity index (χ1n) is 7.56. The van der Waals surface area contributed by atoms with Crippen LogP contribution in [0.25, 0.3) is 0 Å². The van der Waals surface area contributed by atoms with Crippen LogP contribution in [-0.2, 0) is 0 Å². The summed E-state index contributed by atoms with van der Waals surface area (Å²) in [7, 11) is 0. The van der Waals surface area contributed by atoms with Gasteiger partial charge in [-0.3, -0.25) is 0 Å². The lowest BCUT2D eigenvalue weighted by molar-refractivity contribution is -0.0146. The fourth-order valence-electron chi connectivity index (χ4n) is 3.23. The second-order valence-corrected chi connectivity index (χ2v) is 5.93. The van der Waals surface area contributed by atoms with E-state index in [9.17, 15) is 5.11 Å². The van der Waals surface area contributed by atoms with Gasteiger partial charge in [-0.25, -0.2) is 0 Å². The van der Waals surface area contributed by atoms with Crippen LogP contribution in [0.3, 0.4) is 0 Å². The van der Waals surface area contributed by atoms with E-state index in [1.807, 2.05) is 0 Å². The lowest BCUT2D eigenvalue weighted by Crippen LogP contribution is -2.44. The largest absolute Gasteiger partial charge is 0.393 e. The molecule has 2 nitrogen and oxygen atoms in total. The zero-order valence-corrected chi connectivity index (χ0v) is 11.8. The third-order valence-corrected chi connectivity index (χ3v) is 4.87. The van der Waals surface area contributed by atoms with Gasteiger partial charge in [0.1, 0.15) is 0 Å². The van der Waals surface area contributed by atoms with Gasteiger partial charge >= 0.3 is 0 Å². The Morgan fingerprint density at radius 3 is 2.35 bits per heavy atom. The van der Waals surface area contributed by atoms with Gasteiger partial charge in [0.2, 0.25) is 0 Å². The summed E-state index contributed by atoms with van der Waals surface area (Å²) in [5.41, 5.74) is 6.01. The Hall–Kier alpha value is -0.0800. The molecule has 1 aliphatic rings. The molecule has 0 aromatic carbocycles. The average Bonchev–Trinajstić information content (AvgIpc) is 2.39. The number of hydrogen-bond donors (Lipinski definition) is 2. The van der Waals surface area contributed by atoms with Gasteiger partial charge in [-0.1, -0.05) is 39.5 Å². The van der Waals surface area contributed by atoms with Crippen LogP contribution in [0.15, 0.2) is 0 Å². The molecule has 17 heavy (non-hydrogen) atoms. The van der Waals surface area contributed by atoms with Crippen molar-refractivity contribution in [3.05, 3.63) is 0 Å². The molecule has 0 saturated heterocycles. The first kappa shape index (κ1) is 15.0. The van der Waals surface area contributed by atoms with Crippen molar-refractivity contribution in [1.29, 1.82) is 0 Å². The molecule has 0 aromatic heterocycles. The summed E-state index contributed by atoms with van der Waals surface area (Å²) in [4.78, 5) is 0. The van der Waals surface area contributed by atoms with E-state index in [1.54, 1.807) is 0 Å². The van der Waals surface area contributed by atoms with Crippen molar-refractivity contribution >= 4 is 0 Å². The molecule has 1 atom stereocenters. The maximum atomic E-state index is 10.4. The van der Waals surface area contributed by atoms with E-state index in [2.05, 4.69) is 13.8 Å². The van der Waals surface area contributed by atoms with Crippen LogP contribution in [0.5, 0.6) is 0 Å². The Morgan fingerprint density at radius 2 is 1.88 bits per heavy atom. The molecule has 1 saturated carbocycles. The molecule has 0 radical (unpaired) electrons. The second kappa shape index (κ2) is 7.38. The van der Waals surface area contributed by atoms with E-state index in [-0.39, 0.29) is 11.5 Å². The summed E-state index contributed by atoms with van der Waals surface area (Å²) in [6, 6.07) is 0. The minimum absolute atomic E-state index is 0.0411. The van der Waals surface area contributed by atoms with E-state index in [4.69, 9.17) is 5.73 Å². The lowest BCUT2D eigenvalue weighted by atomic mass is 9.66. The molecular weight excluding hydrogens is 210 g/mol.